The maximum atomic E-state index is 11.3. The van der Waals surface area contributed by atoms with Gasteiger partial charge >= 0.3 is 29.6 Å². The van der Waals surface area contributed by atoms with Gasteiger partial charge in [-0.3, -0.25) is 4.79 Å². The number of halogens is 1. The van der Waals surface area contributed by atoms with E-state index in [9.17, 15) is 4.79 Å². The third-order valence-electron chi connectivity index (χ3n) is 1.43. The summed E-state index contributed by atoms with van der Waals surface area (Å²) < 4.78 is 6.26. The summed E-state index contributed by atoms with van der Waals surface area (Å²) in [7, 11) is 0. The van der Waals surface area contributed by atoms with Crippen molar-refractivity contribution in [2.45, 2.75) is 4.21 Å². The van der Waals surface area contributed by atoms with Crippen LogP contribution in [0.15, 0.2) is 25.8 Å². The second-order valence-electron chi connectivity index (χ2n) is 2.16. The predicted molar refractivity (Wildman–Crippen MR) is 59.8 cm³/mol. The number of hydrogen-bond acceptors (Lipinski definition) is 4. The molecule has 2 aromatic rings. The second-order valence-corrected chi connectivity index (χ2v) is 4.34. The Bertz CT molecular complexity index is 491. The Morgan fingerprint density at radius 1 is 1.54 bits per heavy atom. The van der Waals surface area contributed by atoms with Crippen LogP contribution in [0.3, 0.4) is 0 Å². The molecule has 2 rings (SSSR count). The van der Waals surface area contributed by atoms with E-state index in [2.05, 4.69) is 12.6 Å². The van der Waals surface area contributed by atoms with Gasteiger partial charge in [0, 0.05) is 0 Å². The standard InChI is InChI=1S/C7H3ClO2S2.Na.H/c8-4-5(9)6-3(1-2-10-6)12-7(4)11;;/h1-2,11H;;. The molecule has 2 aromatic heterocycles. The first-order valence-electron chi connectivity index (χ1n) is 3.09. The predicted octanol–water partition coefficient (Wildman–Crippen LogP) is 2.15. The van der Waals surface area contributed by atoms with Crippen LogP contribution in [0.5, 0.6) is 0 Å². The van der Waals surface area contributed by atoms with E-state index in [1.165, 1.54) is 17.6 Å². The maximum absolute atomic E-state index is 11.3. The molecule has 0 saturated carbocycles. The Hall–Kier alpha value is 0.550. The first-order chi connectivity index (χ1) is 5.70. The average Bonchev–Trinajstić information content (AvgIpc) is 2.48. The first-order valence-corrected chi connectivity index (χ1v) is 4.73. The van der Waals surface area contributed by atoms with Gasteiger partial charge in [0.15, 0.2) is 5.58 Å². The summed E-state index contributed by atoms with van der Waals surface area (Å²) in [6, 6.07) is 1.72. The molecule has 0 atom stereocenters. The van der Waals surface area contributed by atoms with Crippen molar-refractivity contribution < 1.29 is 4.42 Å². The van der Waals surface area contributed by atoms with Crippen molar-refractivity contribution in [2.75, 3.05) is 0 Å². The zero-order chi connectivity index (χ0) is 8.72. The molecule has 0 bridgehead atoms. The van der Waals surface area contributed by atoms with Crippen molar-refractivity contribution in [3.8, 4) is 0 Å². The average molecular weight is 243 g/mol. The fraction of sp³-hybridized carbons (Fsp3) is 0. The van der Waals surface area contributed by atoms with Crippen LogP contribution in [-0.4, -0.2) is 29.6 Å². The normalized spacial score (nSPS) is 10.0. The Morgan fingerprint density at radius 3 is 2.92 bits per heavy atom. The van der Waals surface area contributed by atoms with Gasteiger partial charge in [-0.2, -0.15) is 0 Å². The molecule has 0 N–H and O–H groups in total. The van der Waals surface area contributed by atoms with Gasteiger partial charge in [0.25, 0.3) is 0 Å². The van der Waals surface area contributed by atoms with Gasteiger partial charge in [-0.25, -0.2) is 0 Å². The molecule has 0 radical (unpaired) electrons. The number of furan rings is 1. The van der Waals surface area contributed by atoms with Gasteiger partial charge in [0.05, 0.1) is 15.2 Å². The van der Waals surface area contributed by atoms with Crippen molar-refractivity contribution in [1.82, 2.24) is 0 Å². The Labute approximate surface area is 111 Å². The fourth-order valence-corrected chi connectivity index (χ4v) is 2.24. The van der Waals surface area contributed by atoms with Crippen molar-refractivity contribution in [1.29, 1.82) is 0 Å². The SMILES string of the molecule is O=c1c(Cl)c(S)sc2ccoc12.[NaH]. The van der Waals surface area contributed by atoms with E-state index in [0.29, 0.717) is 9.79 Å². The van der Waals surface area contributed by atoms with E-state index in [1.54, 1.807) is 6.07 Å². The third kappa shape index (κ3) is 1.98. The van der Waals surface area contributed by atoms with E-state index in [0.717, 1.165) is 4.70 Å². The number of thiol groups is 1. The molecule has 6 heteroatoms. The summed E-state index contributed by atoms with van der Waals surface area (Å²) in [4.78, 5) is 11.3. The van der Waals surface area contributed by atoms with Crippen LogP contribution in [-0.2, 0) is 0 Å². The monoisotopic (exact) mass is 242 g/mol. The summed E-state index contributed by atoms with van der Waals surface area (Å²) in [6.07, 6.45) is 1.46. The van der Waals surface area contributed by atoms with Gasteiger partial charge in [-0.05, 0) is 6.07 Å². The molecule has 0 aliphatic carbocycles. The van der Waals surface area contributed by atoms with Crippen molar-refractivity contribution in [2.24, 2.45) is 0 Å². The molecular weight excluding hydrogens is 239 g/mol. The Kier molecular flexibility index (Phi) is 3.92. The van der Waals surface area contributed by atoms with Crippen molar-refractivity contribution in [3.05, 3.63) is 27.6 Å². The molecule has 0 amide bonds. The quantitative estimate of drug-likeness (QED) is 0.567. The first kappa shape index (κ1) is 11.6. The van der Waals surface area contributed by atoms with E-state index < -0.39 is 0 Å². The molecule has 2 nitrogen and oxygen atoms in total. The van der Waals surface area contributed by atoms with Crippen molar-refractivity contribution in [3.63, 3.8) is 0 Å². The minimum absolute atomic E-state index is 0. The second kappa shape index (κ2) is 4.38. The van der Waals surface area contributed by atoms with Gasteiger partial charge in [0.2, 0.25) is 5.43 Å². The van der Waals surface area contributed by atoms with Crippen molar-refractivity contribution >= 4 is 75.4 Å². The van der Waals surface area contributed by atoms with Gasteiger partial charge in [0.1, 0.15) is 5.02 Å². The zero-order valence-corrected chi connectivity index (χ0v) is 8.17. The Morgan fingerprint density at radius 2 is 2.23 bits per heavy atom. The van der Waals surface area contributed by atoms with Crippen LogP contribution in [0.25, 0.3) is 10.3 Å². The molecular formula is C7H4ClNaO2S2. The van der Waals surface area contributed by atoms with E-state index in [4.69, 9.17) is 16.0 Å². The van der Waals surface area contributed by atoms with Gasteiger partial charge in [-0.15, -0.1) is 24.0 Å². The third-order valence-corrected chi connectivity index (χ3v) is 3.47. The minimum atomic E-state index is -0.291. The molecule has 0 fully saturated rings. The number of hydrogen-bond donors (Lipinski definition) is 1. The summed E-state index contributed by atoms with van der Waals surface area (Å²) in [6.45, 7) is 0. The van der Waals surface area contributed by atoms with Crippen LogP contribution < -0.4 is 5.43 Å². The van der Waals surface area contributed by atoms with E-state index in [1.807, 2.05) is 0 Å². The zero-order valence-electron chi connectivity index (χ0n) is 5.70. The van der Waals surface area contributed by atoms with Crippen LogP contribution in [0, 0.1) is 0 Å². The van der Waals surface area contributed by atoms with Crippen LogP contribution in [0.4, 0.5) is 0 Å². The fourth-order valence-electron chi connectivity index (χ4n) is 0.889. The van der Waals surface area contributed by atoms with Gasteiger partial charge in [-0.1, -0.05) is 11.6 Å². The number of fused-ring (bicyclic) bond motifs is 1. The molecule has 0 aromatic carbocycles. The molecule has 0 unspecified atom stereocenters. The van der Waals surface area contributed by atoms with Crippen LogP contribution >= 0.6 is 35.6 Å². The summed E-state index contributed by atoms with van der Waals surface area (Å²) in [5, 5.41) is 0.130. The molecule has 2 heterocycles. The topological polar surface area (TPSA) is 30.2 Å². The molecule has 0 aliphatic rings. The molecule has 64 valence electrons. The number of rotatable bonds is 0. The van der Waals surface area contributed by atoms with E-state index in [-0.39, 0.29) is 40.0 Å². The summed E-state index contributed by atoms with van der Waals surface area (Å²) >= 11 is 11.1. The molecule has 0 saturated heterocycles. The van der Waals surface area contributed by atoms with Crippen LogP contribution in [0.2, 0.25) is 5.02 Å². The molecule has 0 spiro atoms. The summed E-state index contributed by atoms with van der Waals surface area (Å²) in [5.41, 5.74) is 0.0169. The Balaban J connectivity index is 0.000000845. The molecule has 0 aliphatic heterocycles. The van der Waals surface area contributed by atoms with Crippen LogP contribution in [0.1, 0.15) is 0 Å². The van der Waals surface area contributed by atoms with Gasteiger partial charge < -0.3 is 4.42 Å². The molecule has 13 heavy (non-hydrogen) atoms. The summed E-state index contributed by atoms with van der Waals surface area (Å²) in [5.74, 6) is 0. The van der Waals surface area contributed by atoms with E-state index >= 15 is 0 Å².